The van der Waals surface area contributed by atoms with Crippen molar-refractivity contribution < 1.29 is 9.47 Å². The molecular formula is C9H11NO2. The van der Waals surface area contributed by atoms with Gasteiger partial charge < -0.3 is 9.94 Å². The molecule has 3 heteroatoms. The van der Waals surface area contributed by atoms with Crippen LogP contribution in [0.15, 0.2) is 12.3 Å². The summed E-state index contributed by atoms with van der Waals surface area (Å²) in [6, 6.07) is 1.92. The Morgan fingerprint density at radius 1 is 1.58 bits per heavy atom. The lowest BCUT2D eigenvalue weighted by molar-refractivity contribution is -0.615. The number of aromatic nitrogens is 1. The molecule has 0 spiro atoms. The Morgan fingerprint density at radius 3 is 3.25 bits per heavy atom. The SMILES string of the molecule is Cc1cc2c([n+]([O-])c1)CCCO2. The number of hydrogen-bond acceptors (Lipinski definition) is 2. The maximum absolute atomic E-state index is 11.3. The van der Waals surface area contributed by atoms with Crippen LogP contribution in [0.1, 0.15) is 17.7 Å². The second-order valence-corrected chi connectivity index (χ2v) is 3.11. The van der Waals surface area contributed by atoms with Crippen molar-refractivity contribution in [2.75, 3.05) is 6.61 Å². The summed E-state index contributed by atoms with van der Waals surface area (Å²) in [7, 11) is 0. The molecule has 2 heterocycles. The van der Waals surface area contributed by atoms with Crippen molar-refractivity contribution in [2.24, 2.45) is 0 Å². The third kappa shape index (κ3) is 1.11. The Balaban J connectivity index is 2.53. The number of rotatable bonds is 0. The summed E-state index contributed by atoms with van der Waals surface area (Å²) < 4.78 is 6.28. The molecule has 0 fully saturated rings. The molecule has 0 saturated heterocycles. The molecule has 1 aliphatic heterocycles. The predicted octanol–water partition coefficient (Wildman–Crippen LogP) is 0.953. The average molecular weight is 165 g/mol. The van der Waals surface area contributed by atoms with Gasteiger partial charge in [-0.2, -0.15) is 4.73 Å². The van der Waals surface area contributed by atoms with Gasteiger partial charge in [-0.25, -0.2) is 0 Å². The number of hydrogen-bond donors (Lipinski definition) is 0. The quantitative estimate of drug-likeness (QED) is 0.424. The van der Waals surface area contributed by atoms with Gasteiger partial charge in [0, 0.05) is 12.0 Å². The highest BCUT2D eigenvalue weighted by Gasteiger charge is 2.18. The number of pyridine rings is 1. The van der Waals surface area contributed by atoms with Crippen molar-refractivity contribution in [1.82, 2.24) is 0 Å². The van der Waals surface area contributed by atoms with Crippen LogP contribution in [0.4, 0.5) is 0 Å². The van der Waals surface area contributed by atoms with Crippen molar-refractivity contribution in [3.8, 4) is 5.75 Å². The second-order valence-electron chi connectivity index (χ2n) is 3.11. The maximum Gasteiger partial charge on any atom is 0.234 e. The summed E-state index contributed by atoms with van der Waals surface area (Å²) in [5.74, 6) is 0.760. The lowest BCUT2D eigenvalue weighted by Gasteiger charge is -2.16. The molecule has 0 saturated carbocycles. The van der Waals surface area contributed by atoms with E-state index < -0.39 is 0 Å². The average Bonchev–Trinajstić information content (AvgIpc) is 2.04. The molecule has 0 aromatic carbocycles. The molecule has 0 aliphatic carbocycles. The first-order valence-electron chi connectivity index (χ1n) is 4.13. The Bertz CT molecular complexity index is 310. The Morgan fingerprint density at radius 2 is 2.42 bits per heavy atom. The first-order chi connectivity index (χ1) is 5.77. The number of fused-ring (bicyclic) bond motifs is 1. The molecule has 0 atom stereocenters. The molecule has 1 aromatic rings. The van der Waals surface area contributed by atoms with Crippen LogP contribution in [0.2, 0.25) is 0 Å². The highest BCUT2D eigenvalue weighted by atomic mass is 16.5. The number of ether oxygens (including phenoxy) is 1. The predicted molar refractivity (Wildman–Crippen MR) is 44.0 cm³/mol. The van der Waals surface area contributed by atoms with E-state index in [1.807, 2.05) is 13.0 Å². The highest BCUT2D eigenvalue weighted by Crippen LogP contribution is 2.21. The summed E-state index contributed by atoms with van der Waals surface area (Å²) in [6.07, 6.45) is 3.37. The highest BCUT2D eigenvalue weighted by molar-refractivity contribution is 5.28. The Labute approximate surface area is 71.2 Å². The summed E-state index contributed by atoms with van der Waals surface area (Å²) in [5, 5.41) is 11.3. The van der Waals surface area contributed by atoms with E-state index in [2.05, 4.69) is 0 Å². The van der Waals surface area contributed by atoms with Gasteiger partial charge in [-0.05, 0) is 19.4 Å². The van der Waals surface area contributed by atoms with Crippen molar-refractivity contribution in [1.29, 1.82) is 0 Å². The molecule has 1 aliphatic rings. The molecule has 2 rings (SSSR count). The number of aryl methyl sites for hydroxylation is 1. The summed E-state index contributed by atoms with van der Waals surface area (Å²) in [5.41, 5.74) is 1.72. The van der Waals surface area contributed by atoms with E-state index >= 15 is 0 Å². The Hall–Kier alpha value is -1.25. The zero-order chi connectivity index (χ0) is 8.55. The van der Waals surface area contributed by atoms with E-state index in [-0.39, 0.29) is 0 Å². The molecule has 0 N–H and O–H groups in total. The van der Waals surface area contributed by atoms with Gasteiger partial charge in [0.25, 0.3) is 0 Å². The first-order valence-corrected chi connectivity index (χ1v) is 4.13. The molecule has 1 aromatic heterocycles. The van der Waals surface area contributed by atoms with Crippen LogP contribution in [0.5, 0.6) is 5.75 Å². The van der Waals surface area contributed by atoms with Gasteiger partial charge in [0.15, 0.2) is 11.9 Å². The summed E-state index contributed by atoms with van der Waals surface area (Å²) in [6.45, 7) is 2.63. The van der Waals surface area contributed by atoms with Gasteiger partial charge in [0.2, 0.25) is 5.69 Å². The van der Waals surface area contributed by atoms with Gasteiger partial charge in [0.05, 0.1) is 6.61 Å². The van der Waals surface area contributed by atoms with E-state index in [1.54, 1.807) is 6.20 Å². The lowest BCUT2D eigenvalue weighted by Crippen LogP contribution is -2.34. The van der Waals surface area contributed by atoms with Gasteiger partial charge in [-0.15, -0.1) is 0 Å². The topological polar surface area (TPSA) is 36.2 Å². The standard InChI is InChI=1S/C9H11NO2/c1-7-5-9-8(10(11)6-7)3-2-4-12-9/h5-6H,2-4H2,1H3. The summed E-state index contributed by atoms with van der Waals surface area (Å²) in [4.78, 5) is 0. The molecule has 12 heavy (non-hydrogen) atoms. The van der Waals surface area contributed by atoms with Crippen LogP contribution in [-0.4, -0.2) is 6.61 Å². The van der Waals surface area contributed by atoms with Crippen LogP contribution < -0.4 is 9.47 Å². The third-order valence-corrected chi connectivity index (χ3v) is 2.05. The number of nitrogens with zero attached hydrogens (tertiary/aromatic N) is 1. The van der Waals surface area contributed by atoms with Crippen LogP contribution in [0.3, 0.4) is 0 Å². The zero-order valence-electron chi connectivity index (χ0n) is 7.04. The monoisotopic (exact) mass is 165 g/mol. The van der Waals surface area contributed by atoms with E-state index in [4.69, 9.17) is 4.74 Å². The van der Waals surface area contributed by atoms with Gasteiger partial charge in [-0.1, -0.05) is 0 Å². The van der Waals surface area contributed by atoms with E-state index in [1.165, 1.54) is 0 Å². The maximum atomic E-state index is 11.3. The summed E-state index contributed by atoms with van der Waals surface area (Å²) >= 11 is 0. The van der Waals surface area contributed by atoms with Crippen molar-refractivity contribution >= 4 is 0 Å². The van der Waals surface area contributed by atoms with Gasteiger partial charge in [0.1, 0.15) is 0 Å². The van der Waals surface area contributed by atoms with Crippen molar-refractivity contribution in [3.63, 3.8) is 0 Å². The van der Waals surface area contributed by atoms with Crippen molar-refractivity contribution in [3.05, 3.63) is 28.7 Å². The van der Waals surface area contributed by atoms with E-state index in [0.29, 0.717) is 0 Å². The van der Waals surface area contributed by atoms with Crippen molar-refractivity contribution in [2.45, 2.75) is 19.8 Å². The van der Waals surface area contributed by atoms with Crippen LogP contribution in [-0.2, 0) is 6.42 Å². The fraction of sp³-hybridized carbons (Fsp3) is 0.444. The van der Waals surface area contributed by atoms with E-state index in [9.17, 15) is 5.21 Å². The first kappa shape index (κ1) is 7.40. The fourth-order valence-corrected chi connectivity index (χ4v) is 1.48. The molecule has 0 unspecified atom stereocenters. The van der Waals surface area contributed by atoms with Crippen LogP contribution in [0.25, 0.3) is 0 Å². The lowest BCUT2D eigenvalue weighted by atomic mass is 10.1. The van der Waals surface area contributed by atoms with Crippen LogP contribution >= 0.6 is 0 Å². The Kier molecular flexibility index (Phi) is 1.64. The van der Waals surface area contributed by atoms with E-state index in [0.717, 1.165) is 41.2 Å². The fourth-order valence-electron chi connectivity index (χ4n) is 1.48. The van der Waals surface area contributed by atoms with Gasteiger partial charge in [-0.3, -0.25) is 0 Å². The smallest absolute Gasteiger partial charge is 0.234 e. The minimum absolute atomic E-state index is 0.733. The second kappa shape index (κ2) is 2.66. The van der Waals surface area contributed by atoms with Crippen LogP contribution in [0, 0.1) is 12.1 Å². The third-order valence-electron chi connectivity index (χ3n) is 2.05. The van der Waals surface area contributed by atoms with Gasteiger partial charge >= 0.3 is 0 Å². The molecule has 64 valence electrons. The zero-order valence-corrected chi connectivity index (χ0v) is 7.04. The largest absolute Gasteiger partial charge is 0.618 e. The molecule has 3 nitrogen and oxygen atoms in total. The molecule has 0 radical (unpaired) electrons. The minimum Gasteiger partial charge on any atom is -0.618 e. The molecular weight excluding hydrogens is 154 g/mol. The molecule has 0 amide bonds. The minimum atomic E-state index is 0.733. The molecule has 0 bridgehead atoms. The normalized spacial score (nSPS) is 15.1.